The normalized spacial score (nSPS) is 11.3. The molecule has 102 valence electrons. The van der Waals surface area contributed by atoms with E-state index in [9.17, 15) is 4.79 Å². The molecule has 0 spiro atoms. The van der Waals surface area contributed by atoms with Crippen molar-refractivity contribution in [1.82, 2.24) is 15.0 Å². The third-order valence-electron chi connectivity index (χ3n) is 3.10. The van der Waals surface area contributed by atoms with Gasteiger partial charge in [0.2, 0.25) is 0 Å². The summed E-state index contributed by atoms with van der Waals surface area (Å²) in [5, 5.41) is 2.78. The van der Waals surface area contributed by atoms with Gasteiger partial charge < -0.3 is 4.98 Å². The van der Waals surface area contributed by atoms with Crippen molar-refractivity contribution in [3.63, 3.8) is 0 Å². The zero-order valence-corrected chi connectivity index (χ0v) is 12.2. The molecule has 0 aliphatic carbocycles. The van der Waals surface area contributed by atoms with Gasteiger partial charge in [0, 0.05) is 18.0 Å². The summed E-state index contributed by atoms with van der Waals surface area (Å²) >= 11 is 1.53. The summed E-state index contributed by atoms with van der Waals surface area (Å²) in [6.07, 6.45) is 4.29. The molecule has 0 bridgehead atoms. The average molecular weight is 285 g/mol. The minimum absolute atomic E-state index is 0.0567. The number of nitrogens with one attached hydrogen (secondary N) is 1. The summed E-state index contributed by atoms with van der Waals surface area (Å²) in [5.74, 6) is 1.12. The second kappa shape index (κ2) is 5.17. The van der Waals surface area contributed by atoms with E-state index in [-0.39, 0.29) is 5.56 Å². The van der Waals surface area contributed by atoms with Gasteiger partial charge in [-0.1, -0.05) is 13.8 Å². The highest BCUT2D eigenvalue weighted by Gasteiger charge is 2.12. The first-order valence-electron chi connectivity index (χ1n) is 6.56. The van der Waals surface area contributed by atoms with Crippen LogP contribution in [-0.4, -0.2) is 15.0 Å². The van der Waals surface area contributed by atoms with E-state index < -0.39 is 0 Å². The van der Waals surface area contributed by atoms with Gasteiger partial charge >= 0.3 is 0 Å². The van der Waals surface area contributed by atoms with Gasteiger partial charge in [0.25, 0.3) is 5.56 Å². The third-order valence-corrected chi connectivity index (χ3v) is 4.02. The van der Waals surface area contributed by atoms with E-state index in [2.05, 4.69) is 28.8 Å². The maximum Gasteiger partial charge on any atom is 0.260 e. The number of rotatable bonds is 3. The number of aromatic amines is 1. The number of nitrogens with zero attached hydrogens (tertiary/aromatic N) is 2. The summed E-state index contributed by atoms with van der Waals surface area (Å²) in [6, 6.07) is 3.68. The first kappa shape index (κ1) is 13.0. The second-order valence-corrected chi connectivity index (χ2v) is 6.05. The van der Waals surface area contributed by atoms with Crippen LogP contribution >= 0.6 is 11.3 Å². The molecule has 5 heteroatoms. The van der Waals surface area contributed by atoms with Crippen LogP contribution in [0.4, 0.5) is 0 Å². The molecule has 3 aromatic heterocycles. The number of fused-ring (bicyclic) bond motifs is 1. The van der Waals surface area contributed by atoms with Crippen LogP contribution in [-0.2, 0) is 6.42 Å². The van der Waals surface area contributed by atoms with Crippen LogP contribution in [0.5, 0.6) is 0 Å². The Kier molecular flexibility index (Phi) is 3.36. The van der Waals surface area contributed by atoms with Crippen molar-refractivity contribution in [2.24, 2.45) is 5.92 Å². The molecule has 0 aliphatic heterocycles. The predicted octanol–water partition coefficient (Wildman–Crippen LogP) is 3.25. The summed E-state index contributed by atoms with van der Waals surface area (Å²) in [6.45, 7) is 4.30. The van der Waals surface area contributed by atoms with Gasteiger partial charge in [0.15, 0.2) is 0 Å². The number of hydrogen-bond donors (Lipinski definition) is 1. The molecule has 0 unspecified atom stereocenters. The predicted molar refractivity (Wildman–Crippen MR) is 82.0 cm³/mol. The molecule has 0 atom stereocenters. The van der Waals surface area contributed by atoms with Crippen LogP contribution in [0.1, 0.15) is 19.4 Å². The molecule has 0 aliphatic rings. The Bertz CT molecular complexity index is 790. The topological polar surface area (TPSA) is 58.6 Å². The Labute approximate surface area is 120 Å². The number of hydrogen-bond acceptors (Lipinski definition) is 4. The molecule has 0 amide bonds. The summed E-state index contributed by atoms with van der Waals surface area (Å²) in [5.41, 5.74) is 1.91. The minimum Gasteiger partial charge on any atom is -0.306 e. The molecule has 3 rings (SSSR count). The Hall–Kier alpha value is -2.01. The molecular formula is C15H15N3OS. The van der Waals surface area contributed by atoms with Gasteiger partial charge in [0.05, 0.1) is 5.39 Å². The Morgan fingerprint density at radius 1 is 1.30 bits per heavy atom. The molecule has 3 heterocycles. The van der Waals surface area contributed by atoms with Gasteiger partial charge in [-0.3, -0.25) is 9.78 Å². The van der Waals surface area contributed by atoms with Crippen LogP contribution < -0.4 is 5.56 Å². The number of pyridine rings is 1. The van der Waals surface area contributed by atoms with Gasteiger partial charge in [-0.05, 0) is 35.4 Å². The molecular weight excluding hydrogens is 270 g/mol. The molecule has 3 aromatic rings. The number of aromatic nitrogens is 3. The van der Waals surface area contributed by atoms with Crippen LogP contribution in [0.15, 0.2) is 34.7 Å². The third kappa shape index (κ3) is 2.36. The van der Waals surface area contributed by atoms with E-state index >= 15 is 0 Å². The maximum absolute atomic E-state index is 12.3. The zero-order valence-electron chi connectivity index (χ0n) is 11.4. The lowest BCUT2D eigenvalue weighted by Gasteiger charge is -2.03. The van der Waals surface area contributed by atoms with Gasteiger partial charge in [0.1, 0.15) is 10.7 Å². The van der Waals surface area contributed by atoms with Gasteiger partial charge in [-0.25, -0.2) is 4.98 Å². The fourth-order valence-electron chi connectivity index (χ4n) is 2.24. The zero-order chi connectivity index (χ0) is 14.1. The quantitative estimate of drug-likeness (QED) is 0.803. The molecule has 0 saturated carbocycles. The second-order valence-electron chi connectivity index (χ2n) is 5.19. The molecule has 0 fully saturated rings. The van der Waals surface area contributed by atoms with Crippen molar-refractivity contribution >= 4 is 21.6 Å². The van der Waals surface area contributed by atoms with Crippen LogP contribution in [0.25, 0.3) is 21.6 Å². The number of thiophene rings is 1. The lowest BCUT2D eigenvalue weighted by atomic mass is 10.0. The first-order valence-corrected chi connectivity index (χ1v) is 7.44. The van der Waals surface area contributed by atoms with Crippen molar-refractivity contribution in [2.45, 2.75) is 20.3 Å². The van der Waals surface area contributed by atoms with Crippen molar-refractivity contribution in [2.75, 3.05) is 0 Å². The molecule has 0 radical (unpaired) electrons. The van der Waals surface area contributed by atoms with Crippen molar-refractivity contribution in [3.05, 3.63) is 45.8 Å². The highest BCUT2D eigenvalue weighted by atomic mass is 32.1. The van der Waals surface area contributed by atoms with E-state index in [0.717, 1.165) is 27.8 Å². The van der Waals surface area contributed by atoms with E-state index in [1.807, 2.05) is 17.5 Å². The van der Waals surface area contributed by atoms with E-state index in [0.29, 0.717) is 11.7 Å². The molecule has 20 heavy (non-hydrogen) atoms. The Balaban J connectivity index is 2.15. The monoisotopic (exact) mass is 285 g/mol. The van der Waals surface area contributed by atoms with Crippen molar-refractivity contribution in [3.8, 4) is 11.4 Å². The van der Waals surface area contributed by atoms with Crippen molar-refractivity contribution in [1.29, 1.82) is 0 Å². The van der Waals surface area contributed by atoms with Crippen LogP contribution in [0, 0.1) is 5.92 Å². The van der Waals surface area contributed by atoms with E-state index in [4.69, 9.17) is 0 Å². The number of H-pyrrole nitrogens is 1. The summed E-state index contributed by atoms with van der Waals surface area (Å²) < 4.78 is 0. The van der Waals surface area contributed by atoms with E-state index in [1.165, 1.54) is 11.3 Å². The standard InChI is InChI=1S/C15H15N3OS/c1-9(2)7-11-8-20-15-12(11)14(19)17-13(18-15)10-3-5-16-6-4-10/h3-6,8-9H,7H2,1-2H3,(H,17,18,19). The summed E-state index contributed by atoms with van der Waals surface area (Å²) in [7, 11) is 0. The highest BCUT2D eigenvalue weighted by Crippen LogP contribution is 2.25. The molecule has 1 N–H and O–H groups in total. The maximum atomic E-state index is 12.3. The lowest BCUT2D eigenvalue weighted by molar-refractivity contribution is 0.651. The minimum atomic E-state index is -0.0567. The van der Waals surface area contributed by atoms with Crippen LogP contribution in [0.3, 0.4) is 0 Å². The van der Waals surface area contributed by atoms with Crippen LogP contribution in [0.2, 0.25) is 0 Å². The highest BCUT2D eigenvalue weighted by molar-refractivity contribution is 7.16. The average Bonchev–Trinajstić information content (AvgIpc) is 2.82. The SMILES string of the molecule is CC(C)Cc1csc2nc(-c3ccncc3)[nH]c(=O)c12. The fourth-order valence-corrected chi connectivity index (χ4v) is 3.20. The smallest absolute Gasteiger partial charge is 0.260 e. The van der Waals surface area contributed by atoms with Crippen molar-refractivity contribution < 1.29 is 0 Å². The largest absolute Gasteiger partial charge is 0.306 e. The lowest BCUT2D eigenvalue weighted by Crippen LogP contribution is -2.10. The van der Waals surface area contributed by atoms with Gasteiger partial charge in [-0.2, -0.15) is 0 Å². The molecule has 4 nitrogen and oxygen atoms in total. The Morgan fingerprint density at radius 2 is 2.05 bits per heavy atom. The molecule has 0 saturated heterocycles. The van der Waals surface area contributed by atoms with Gasteiger partial charge in [-0.15, -0.1) is 11.3 Å². The first-order chi connectivity index (χ1) is 9.65. The summed E-state index contributed by atoms with van der Waals surface area (Å²) in [4.78, 5) is 24.6. The molecule has 0 aromatic carbocycles. The van der Waals surface area contributed by atoms with E-state index in [1.54, 1.807) is 12.4 Å². The fraction of sp³-hybridized carbons (Fsp3) is 0.267. The Morgan fingerprint density at radius 3 is 2.75 bits per heavy atom.